The Kier molecular flexibility index (Phi) is 3.65. The summed E-state index contributed by atoms with van der Waals surface area (Å²) in [5, 5.41) is 27.7. The van der Waals surface area contributed by atoms with Crippen molar-refractivity contribution < 1.29 is 24.9 Å². The molecule has 1 aromatic carbocycles. The molecule has 0 saturated carbocycles. The number of carboxylic acid groups (broad SMARTS) is 2. The molecule has 0 bridgehead atoms. The highest BCUT2D eigenvalue weighted by Gasteiger charge is 2.26. The van der Waals surface area contributed by atoms with E-state index in [4.69, 9.17) is 10.2 Å². The number of hydrogen-bond donors (Lipinski definition) is 3. The third-order valence-electron chi connectivity index (χ3n) is 3.23. The Morgan fingerprint density at radius 2 is 1.72 bits per heavy atom. The van der Waals surface area contributed by atoms with Crippen LogP contribution < -0.4 is 0 Å². The molecule has 18 heavy (non-hydrogen) atoms. The fourth-order valence-corrected chi connectivity index (χ4v) is 1.62. The molecule has 1 rings (SSSR count). The van der Waals surface area contributed by atoms with Crippen LogP contribution in [-0.4, -0.2) is 27.3 Å². The summed E-state index contributed by atoms with van der Waals surface area (Å²) < 4.78 is 0. The molecule has 0 aliphatic carbocycles. The van der Waals surface area contributed by atoms with E-state index in [2.05, 4.69) is 0 Å². The Hall–Kier alpha value is -2.04. The zero-order valence-electron chi connectivity index (χ0n) is 10.5. The third kappa shape index (κ3) is 2.45. The predicted octanol–water partition coefficient (Wildman–Crippen LogP) is 2.48. The maximum absolute atomic E-state index is 11.1. The minimum Gasteiger partial charge on any atom is -0.507 e. The number of phenols is 1. The minimum absolute atomic E-state index is 0.335. The molecular weight excluding hydrogens is 236 g/mol. The van der Waals surface area contributed by atoms with Crippen molar-refractivity contribution in [3.8, 4) is 5.75 Å². The van der Waals surface area contributed by atoms with Crippen molar-refractivity contribution in [2.75, 3.05) is 0 Å². The second kappa shape index (κ2) is 4.68. The summed E-state index contributed by atoms with van der Waals surface area (Å²) in [6.07, 6.45) is 0.734. The monoisotopic (exact) mass is 252 g/mol. The second-order valence-corrected chi connectivity index (χ2v) is 4.77. The van der Waals surface area contributed by atoms with E-state index in [1.54, 1.807) is 0 Å². The summed E-state index contributed by atoms with van der Waals surface area (Å²) in [7, 11) is 0. The number of benzene rings is 1. The van der Waals surface area contributed by atoms with Crippen molar-refractivity contribution in [3.05, 3.63) is 28.8 Å². The van der Waals surface area contributed by atoms with Gasteiger partial charge in [0.15, 0.2) is 0 Å². The average molecular weight is 252 g/mol. The topological polar surface area (TPSA) is 94.8 Å². The molecule has 0 spiro atoms. The summed E-state index contributed by atoms with van der Waals surface area (Å²) in [5.41, 5.74) is -0.694. The van der Waals surface area contributed by atoms with Crippen LogP contribution in [0.15, 0.2) is 12.1 Å². The van der Waals surface area contributed by atoms with Gasteiger partial charge in [-0.05, 0) is 29.5 Å². The lowest BCUT2D eigenvalue weighted by molar-refractivity contribution is 0.0648. The van der Waals surface area contributed by atoms with Gasteiger partial charge in [-0.2, -0.15) is 0 Å². The highest BCUT2D eigenvalue weighted by Crippen LogP contribution is 2.33. The maximum atomic E-state index is 11.1. The lowest BCUT2D eigenvalue weighted by Crippen LogP contribution is -2.18. The molecule has 1 aromatic rings. The van der Waals surface area contributed by atoms with Gasteiger partial charge in [0, 0.05) is 0 Å². The first-order valence-electron chi connectivity index (χ1n) is 5.54. The highest BCUT2D eigenvalue weighted by atomic mass is 16.4. The number of rotatable bonds is 4. The van der Waals surface area contributed by atoms with Crippen LogP contribution in [0.1, 0.15) is 53.5 Å². The fraction of sp³-hybridized carbons (Fsp3) is 0.385. The molecular formula is C13H16O5. The summed E-state index contributed by atoms with van der Waals surface area (Å²) in [6.45, 7) is 5.73. The fourth-order valence-electron chi connectivity index (χ4n) is 1.62. The van der Waals surface area contributed by atoms with Crippen molar-refractivity contribution in [1.82, 2.24) is 0 Å². The summed E-state index contributed by atoms with van der Waals surface area (Å²) in [6, 6.07) is 2.63. The predicted molar refractivity (Wildman–Crippen MR) is 65.3 cm³/mol. The van der Waals surface area contributed by atoms with Gasteiger partial charge in [0.1, 0.15) is 11.3 Å². The number of carbonyl (C=O) groups is 2. The van der Waals surface area contributed by atoms with Gasteiger partial charge in [-0.25, -0.2) is 9.59 Å². The van der Waals surface area contributed by atoms with Crippen molar-refractivity contribution in [2.24, 2.45) is 0 Å². The molecule has 0 aliphatic rings. The lowest BCUT2D eigenvalue weighted by atomic mass is 9.80. The second-order valence-electron chi connectivity index (χ2n) is 4.77. The molecule has 98 valence electrons. The van der Waals surface area contributed by atoms with Crippen LogP contribution in [0.25, 0.3) is 0 Å². The zero-order chi connectivity index (χ0) is 14.1. The molecule has 5 nitrogen and oxygen atoms in total. The van der Waals surface area contributed by atoms with E-state index < -0.39 is 23.3 Å². The molecule has 0 unspecified atom stereocenters. The van der Waals surface area contributed by atoms with E-state index >= 15 is 0 Å². The van der Waals surface area contributed by atoms with E-state index in [1.807, 2.05) is 20.8 Å². The molecule has 0 radical (unpaired) electrons. The van der Waals surface area contributed by atoms with E-state index in [1.165, 1.54) is 12.1 Å². The third-order valence-corrected chi connectivity index (χ3v) is 3.23. The van der Waals surface area contributed by atoms with Crippen molar-refractivity contribution in [1.29, 1.82) is 0 Å². The summed E-state index contributed by atoms with van der Waals surface area (Å²) in [4.78, 5) is 22.0. The molecule has 5 heteroatoms. The molecule has 3 N–H and O–H groups in total. The van der Waals surface area contributed by atoms with Gasteiger partial charge in [0.25, 0.3) is 0 Å². The Balaban J connectivity index is 3.56. The van der Waals surface area contributed by atoms with Crippen LogP contribution in [-0.2, 0) is 5.41 Å². The molecule has 0 fully saturated rings. The molecule has 0 aromatic heterocycles. The van der Waals surface area contributed by atoms with Crippen molar-refractivity contribution in [2.45, 2.75) is 32.6 Å². The summed E-state index contributed by atoms with van der Waals surface area (Å²) >= 11 is 0. The van der Waals surface area contributed by atoms with Gasteiger partial charge in [0.2, 0.25) is 0 Å². The Morgan fingerprint density at radius 3 is 2.11 bits per heavy atom. The molecule has 0 aliphatic heterocycles. The van der Waals surface area contributed by atoms with Crippen molar-refractivity contribution >= 4 is 11.9 Å². The number of aromatic hydroxyl groups is 1. The van der Waals surface area contributed by atoms with Crippen LogP contribution in [0, 0.1) is 0 Å². The van der Waals surface area contributed by atoms with Gasteiger partial charge in [-0.1, -0.05) is 20.8 Å². The van der Waals surface area contributed by atoms with Crippen LogP contribution in [0.4, 0.5) is 0 Å². The first-order valence-corrected chi connectivity index (χ1v) is 5.54. The highest BCUT2D eigenvalue weighted by molar-refractivity contribution is 6.03. The van der Waals surface area contributed by atoms with Crippen LogP contribution in [0.2, 0.25) is 0 Å². The number of aromatic carboxylic acids is 2. The van der Waals surface area contributed by atoms with Crippen LogP contribution in [0.3, 0.4) is 0 Å². The van der Waals surface area contributed by atoms with Gasteiger partial charge >= 0.3 is 11.9 Å². The first-order chi connectivity index (χ1) is 8.20. The van der Waals surface area contributed by atoms with E-state index in [0.717, 1.165) is 6.42 Å². The maximum Gasteiger partial charge on any atom is 0.340 e. The van der Waals surface area contributed by atoms with E-state index in [9.17, 15) is 14.7 Å². The Labute approximate surface area is 105 Å². The van der Waals surface area contributed by atoms with E-state index in [0.29, 0.717) is 5.56 Å². The SMILES string of the molecule is CCC(C)(C)c1cc(O)c(C(=O)O)c(C(=O)O)c1. The normalized spacial score (nSPS) is 11.3. The molecule has 0 amide bonds. The number of hydrogen-bond acceptors (Lipinski definition) is 3. The minimum atomic E-state index is -1.45. The Bertz CT molecular complexity index is 502. The standard InChI is InChI=1S/C13H16O5/c1-4-13(2,3)7-5-8(11(15)16)10(12(17)18)9(14)6-7/h5-6,14H,4H2,1-3H3,(H,15,16)(H,17,18). The van der Waals surface area contributed by atoms with Gasteiger partial charge in [0.05, 0.1) is 5.56 Å². The summed E-state index contributed by atoms with van der Waals surface area (Å²) in [5.74, 6) is -3.33. The van der Waals surface area contributed by atoms with Gasteiger partial charge in [-0.3, -0.25) is 0 Å². The largest absolute Gasteiger partial charge is 0.507 e. The van der Waals surface area contributed by atoms with Crippen molar-refractivity contribution in [3.63, 3.8) is 0 Å². The van der Waals surface area contributed by atoms with E-state index in [-0.39, 0.29) is 11.0 Å². The molecule has 0 heterocycles. The van der Waals surface area contributed by atoms with Crippen LogP contribution in [0.5, 0.6) is 5.75 Å². The van der Waals surface area contributed by atoms with Gasteiger partial charge in [-0.15, -0.1) is 0 Å². The lowest BCUT2D eigenvalue weighted by Gasteiger charge is -2.24. The number of carboxylic acids is 2. The quantitative estimate of drug-likeness (QED) is 0.765. The zero-order valence-corrected chi connectivity index (χ0v) is 10.5. The van der Waals surface area contributed by atoms with Gasteiger partial charge < -0.3 is 15.3 Å². The molecule has 0 saturated heterocycles. The average Bonchev–Trinajstić information content (AvgIpc) is 2.27. The smallest absolute Gasteiger partial charge is 0.340 e. The first kappa shape index (κ1) is 14.0. The van der Waals surface area contributed by atoms with Crippen LogP contribution >= 0.6 is 0 Å². The molecule has 0 atom stereocenters. The Morgan fingerprint density at radius 1 is 1.17 bits per heavy atom.